The molecule has 2 atom stereocenters. The highest BCUT2D eigenvalue weighted by Gasteiger charge is 2.56. The molecule has 0 radical (unpaired) electrons. The van der Waals surface area contributed by atoms with Crippen LogP contribution in [0, 0.1) is 0 Å². The van der Waals surface area contributed by atoms with E-state index < -0.39 is 0 Å². The van der Waals surface area contributed by atoms with Crippen LogP contribution in [0.1, 0.15) is 42.5 Å². The van der Waals surface area contributed by atoms with Crippen LogP contribution in [0.25, 0.3) is 55.2 Å². The van der Waals surface area contributed by atoms with Crippen molar-refractivity contribution in [1.82, 2.24) is 9.97 Å². The van der Waals surface area contributed by atoms with Gasteiger partial charge in [0.2, 0.25) is 5.95 Å². The number of benzene rings is 6. The van der Waals surface area contributed by atoms with Gasteiger partial charge in [-0.3, -0.25) is 0 Å². The molecule has 47 heavy (non-hydrogen) atoms. The summed E-state index contributed by atoms with van der Waals surface area (Å²) in [5, 5.41) is 3.40. The lowest BCUT2D eigenvalue weighted by atomic mass is 9.74. The molecular formula is C43H31N3O. The molecule has 0 N–H and O–H groups in total. The highest BCUT2D eigenvalue weighted by Crippen LogP contribution is 2.66. The summed E-state index contributed by atoms with van der Waals surface area (Å²) in [5.74, 6) is 0.900. The number of nitrogens with zero attached hydrogens (tertiary/aromatic N) is 3. The van der Waals surface area contributed by atoms with Crippen LogP contribution >= 0.6 is 0 Å². The predicted octanol–water partition coefficient (Wildman–Crippen LogP) is 11.1. The third-order valence-corrected chi connectivity index (χ3v) is 10.5. The van der Waals surface area contributed by atoms with Crippen LogP contribution in [0.2, 0.25) is 0 Å². The average Bonchev–Trinajstić information content (AvgIpc) is 3.75. The molecule has 2 unspecified atom stereocenters. The molecule has 2 aliphatic rings. The first-order valence-electron chi connectivity index (χ1n) is 16.3. The van der Waals surface area contributed by atoms with Crippen molar-refractivity contribution in [2.24, 2.45) is 0 Å². The molecule has 8 aromatic rings. The van der Waals surface area contributed by atoms with E-state index in [-0.39, 0.29) is 17.4 Å². The molecule has 2 aromatic heterocycles. The van der Waals surface area contributed by atoms with Gasteiger partial charge in [0.05, 0.1) is 17.3 Å². The molecule has 0 saturated carbocycles. The summed E-state index contributed by atoms with van der Waals surface area (Å²) < 4.78 is 6.44. The van der Waals surface area contributed by atoms with Gasteiger partial charge in [-0.2, -0.15) is 0 Å². The third kappa shape index (κ3) is 3.70. The second kappa shape index (κ2) is 9.63. The minimum Gasteiger partial charge on any atom is -0.456 e. The lowest BCUT2D eigenvalue weighted by Gasteiger charge is -2.29. The molecule has 0 bridgehead atoms. The van der Waals surface area contributed by atoms with Gasteiger partial charge >= 0.3 is 0 Å². The van der Waals surface area contributed by atoms with E-state index in [1.165, 1.54) is 27.6 Å². The summed E-state index contributed by atoms with van der Waals surface area (Å²) in [6, 6.07) is 49.4. The molecule has 3 heterocycles. The van der Waals surface area contributed by atoms with Gasteiger partial charge < -0.3 is 9.32 Å². The first-order valence-corrected chi connectivity index (χ1v) is 16.3. The average molecular weight is 606 g/mol. The van der Waals surface area contributed by atoms with Crippen molar-refractivity contribution in [2.75, 3.05) is 4.90 Å². The number of aromatic nitrogens is 2. The van der Waals surface area contributed by atoms with Crippen molar-refractivity contribution < 1.29 is 4.42 Å². The van der Waals surface area contributed by atoms with Crippen molar-refractivity contribution in [3.63, 3.8) is 0 Å². The Bertz CT molecular complexity index is 2520. The van der Waals surface area contributed by atoms with Crippen LogP contribution < -0.4 is 4.90 Å². The number of rotatable bonds is 3. The van der Waals surface area contributed by atoms with Gasteiger partial charge in [-0.25, -0.2) is 9.97 Å². The number of fused-ring (bicyclic) bond motifs is 10. The molecule has 1 aliphatic heterocycles. The smallest absolute Gasteiger partial charge is 0.231 e. The number of hydrogen-bond donors (Lipinski definition) is 0. The summed E-state index contributed by atoms with van der Waals surface area (Å²) in [7, 11) is 0. The molecule has 0 saturated heterocycles. The van der Waals surface area contributed by atoms with Crippen LogP contribution in [0.5, 0.6) is 0 Å². The molecule has 6 aromatic carbocycles. The fourth-order valence-corrected chi connectivity index (χ4v) is 8.48. The highest BCUT2D eigenvalue weighted by molar-refractivity contribution is 6.10. The topological polar surface area (TPSA) is 42.2 Å². The number of furan rings is 1. The number of para-hydroxylation sites is 1. The zero-order chi connectivity index (χ0) is 31.3. The lowest BCUT2D eigenvalue weighted by Crippen LogP contribution is -2.26. The van der Waals surface area contributed by atoms with E-state index in [1.54, 1.807) is 0 Å². The molecule has 224 valence electrons. The lowest BCUT2D eigenvalue weighted by molar-refractivity contribution is 0.421. The van der Waals surface area contributed by atoms with E-state index in [0.29, 0.717) is 0 Å². The maximum absolute atomic E-state index is 6.44. The number of anilines is 2. The van der Waals surface area contributed by atoms with Crippen molar-refractivity contribution in [2.45, 2.75) is 31.2 Å². The Morgan fingerprint density at radius 2 is 1.34 bits per heavy atom. The standard InChI is InChI=1S/C43H31N3O/c1-43(2)32-19-11-9-17-29(32)41-39(43)38-34(23-24-36-37(38)30-18-10-12-20-35(30)47-36)46(41)42-44-33-22-21-28(26-13-5-3-6-14-26)25-31(33)40(45-42)27-15-7-4-8-16-27/h3-25,39,41H,1-2H3. The maximum Gasteiger partial charge on any atom is 0.231 e. The van der Waals surface area contributed by atoms with Crippen LogP contribution in [0.3, 0.4) is 0 Å². The zero-order valence-corrected chi connectivity index (χ0v) is 26.2. The summed E-state index contributed by atoms with van der Waals surface area (Å²) in [4.78, 5) is 13.3. The van der Waals surface area contributed by atoms with E-state index in [0.717, 1.165) is 55.9 Å². The third-order valence-electron chi connectivity index (χ3n) is 10.5. The van der Waals surface area contributed by atoms with Crippen LogP contribution in [-0.4, -0.2) is 9.97 Å². The minimum absolute atomic E-state index is 0.0418. The van der Waals surface area contributed by atoms with E-state index >= 15 is 0 Å². The van der Waals surface area contributed by atoms with Crippen molar-refractivity contribution in [1.29, 1.82) is 0 Å². The molecule has 1 aliphatic carbocycles. The van der Waals surface area contributed by atoms with Gasteiger partial charge in [-0.15, -0.1) is 0 Å². The Hall–Kier alpha value is -5.74. The second-order valence-corrected chi connectivity index (χ2v) is 13.4. The van der Waals surface area contributed by atoms with Gasteiger partial charge in [-0.05, 0) is 63.6 Å². The SMILES string of the molecule is CC1(C)c2ccccc2C2C1c1c(ccc3oc4ccccc4c13)N2c1nc(-c2ccccc2)c2cc(-c3ccccc3)ccc2n1. The zero-order valence-electron chi connectivity index (χ0n) is 26.2. The normalized spacial score (nSPS) is 17.7. The molecule has 4 nitrogen and oxygen atoms in total. The molecule has 0 amide bonds. The van der Waals surface area contributed by atoms with E-state index in [2.05, 4.69) is 152 Å². The van der Waals surface area contributed by atoms with E-state index in [4.69, 9.17) is 14.4 Å². The first-order chi connectivity index (χ1) is 23.1. The summed E-state index contributed by atoms with van der Waals surface area (Å²) >= 11 is 0. The fourth-order valence-electron chi connectivity index (χ4n) is 8.48. The quantitative estimate of drug-likeness (QED) is 0.201. The Labute approximate surface area is 273 Å². The molecule has 10 rings (SSSR count). The summed E-state index contributed by atoms with van der Waals surface area (Å²) in [6.07, 6.45) is 0. The molecular weight excluding hydrogens is 574 g/mol. The minimum atomic E-state index is -0.124. The Morgan fingerprint density at radius 1 is 0.617 bits per heavy atom. The Balaban J connectivity index is 1.28. The van der Waals surface area contributed by atoms with Crippen LogP contribution in [0.15, 0.2) is 144 Å². The Morgan fingerprint density at radius 3 is 2.17 bits per heavy atom. The van der Waals surface area contributed by atoms with Crippen molar-refractivity contribution in [3.8, 4) is 22.4 Å². The van der Waals surface area contributed by atoms with Gasteiger partial charge in [-0.1, -0.05) is 123 Å². The maximum atomic E-state index is 6.44. The van der Waals surface area contributed by atoms with E-state index in [9.17, 15) is 0 Å². The van der Waals surface area contributed by atoms with Gasteiger partial charge in [0.15, 0.2) is 0 Å². The molecule has 4 heteroatoms. The van der Waals surface area contributed by atoms with Crippen LogP contribution in [0.4, 0.5) is 11.6 Å². The molecule has 0 fully saturated rings. The Kier molecular flexibility index (Phi) is 5.43. The number of hydrogen-bond acceptors (Lipinski definition) is 4. The van der Waals surface area contributed by atoms with Gasteiger partial charge in [0, 0.05) is 33.3 Å². The largest absolute Gasteiger partial charge is 0.456 e. The van der Waals surface area contributed by atoms with Gasteiger partial charge in [0.1, 0.15) is 11.2 Å². The molecule has 0 spiro atoms. The summed E-state index contributed by atoms with van der Waals surface area (Å²) in [6.45, 7) is 4.79. The second-order valence-electron chi connectivity index (χ2n) is 13.4. The van der Waals surface area contributed by atoms with Crippen molar-refractivity contribution >= 4 is 44.5 Å². The first kappa shape index (κ1) is 26.5. The fraction of sp³-hybridized carbons (Fsp3) is 0.116. The monoisotopic (exact) mass is 605 g/mol. The predicted molar refractivity (Wildman–Crippen MR) is 191 cm³/mol. The van der Waals surface area contributed by atoms with Gasteiger partial charge in [0.25, 0.3) is 0 Å². The summed E-state index contributed by atoms with van der Waals surface area (Å²) in [5.41, 5.74) is 12.2. The van der Waals surface area contributed by atoms with Crippen molar-refractivity contribution in [3.05, 3.63) is 156 Å². The highest BCUT2D eigenvalue weighted by atomic mass is 16.3. The van der Waals surface area contributed by atoms with E-state index in [1.807, 2.05) is 6.07 Å². The van der Waals surface area contributed by atoms with Crippen LogP contribution in [-0.2, 0) is 5.41 Å².